The molecule has 21 heavy (non-hydrogen) atoms. The number of aliphatic hydroxyl groups excluding tert-OH is 1. The molecule has 0 aromatic heterocycles. The van der Waals surface area contributed by atoms with Crippen LogP contribution < -0.4 is 4.90 Å². The highest BCUT2D eigenvalue weighted by Crippen LogP contribution is 2.42. The third kappa shape index (κ3) is 2.67. The minimum atomic E-state index is -0.826. The fourth-order valence-electron chi connectivity index (χ4n) is 4.00. The largest absolute Gasteiger partial charge is 0.389 e. The number of piperidine rings is 1. The minimum absolute atomic E-state index is 0.255. The Hall–Kier alpha value is -1.13. The standard InChI is InChI=1S/C17H24FNO2/c1-12(20)16-14(18)6-4-7-15(16)19-10-9-17(21)8-3-2-5-13(17)11-19/h4,6-7,12-13,20-21H,2-3,5,8-11H2,1H3/t12-,13?,17?/m1/s1. The van der Waals surface area contributed by atoms with Gasteiger partial charge in [-0.2, -0.15) is 0 Å². The smallest absolute Gasteiger partial charge is 0.131 e. The van der Waals surface area contributed by atoms with Crippen LogP contribution in [0.1, 0.15) is 50.7 Å². The molecule has 1 aliphatic carbocycles. The van der Waals surface area contributed by atoms with Crippen LogP contribution in [-0.4, -0.2) is 28.9 Å². The number of anilines is 1. The van der Waals surface area contributed by atoms with Gasteiger partial charge >= 0.3 is 0 Å². The van der Waals surface area contributed by atoms with Gasteiger partial charge in [-0.1, -0.05) is 18.9 Å². The Labute approximate surface area is 125 Å². The molecular weight excluding hydrogens is 269 g/mol. The van der Waals surface area contributed by atoms with Gasteiger partial charge in [0.15, 0.2) is 0 Å². The van der Waals surface area contributed by atoms with Crippen LogP contribution in [0.15, 0.2) is 18.2 Å². The van der Waals surface area contributed by atoms with Crippen LogP contribution >= 0.6 is 0 Å². The van der Waals surface area contributed by atoms with E-state index < -0.39 is 11.7 Å². The third-order valence-electron chi connectivity index (χ3n) is 5.22. The average Bonchev–Trinajstić information content (AvgIpc) is 2.45. The molecule has 4 heteroatoms. The number of hydrogen-bond donors (Lipinski definition) is 2. The van der Waals surface area contributed by atoms with Crippen molar-refractivity contribution in [1.82, 2.24) is 0 Å². The molecule has 0 radical (unpaired) electrons. The summed E-state index contributed by atoms with van der Waals surface area (Å²) in [6.07, 6.45) is 4.09. The number of halogens is 1. The van der Waals surface area contributed by atoms with Crippen LogP contribution in [-0.2, 0) is 0 Å². The molecular formula is C17H24FNO2. The maximum atomic E-state index is 14.0. The zero-order chi connectivity index (χ0) is 15.0. The van der Waals surface area contributed by atoms with Gasteiger partial charge in [0.2, 0.25) is 0 Å². The van der Waals surface area contributed by atoms with Gasteiger partial charge in [0.25, 0.3) is 0 Å². The first kappa shape index (κ1) is 14.8. The molecule has 3 nitrogen and oxygen atoms in total. The van der Waals surface area contributed by atoms with Crippen LogP contribution in [0.2, 0.25) is 0 Å². The molecule has 1 saturated carbocycles. The molecule has 1 aromatic rings. The van der Waals surface area contributed by atoms with E-state index in [2.05, 4.69) is 4.90 Å². The first-order chi connectivity index (χ1) is 10.0. The maximum Gasteiger partial charge on any atom is 0.131 e. The highest BCUT2D eigenvalue weighted by Gasteiger charge is 2.43. The summed E-state index contributed by atoms with van der Waals surface area (Å²) in [7, 11) is 0. The van der Waals surface area contributed by atoms with Crippen molar-refractivity contribution in [3.63, 3.8) is 0 Å². The quantitative estimate of drug-likeness (QED) is 0.881. The van der Waals surface area contributed by atoms with Crippen LogP contribution in [0.25, 0.3) is 0 Å². The van der Waals surface area contributed by atoms with Crippen molar-refractivity contribution in [1.29, 1.82) is 0 Å². The second kappa shape index (κ2) is 5.58. The van der Waals surface area contributed by atoms with Crippen molar-refractivity contribution in [3.8, 4) is 0 Å². The number of rotatable bonds is 2. The second-order valence-corrected chi connectivity index (χ2v) is 6.59. The predicted molar refractivity (Wildman–Crippen MR) is 80.8 cm³/mol. The first-order valence-corrected chi connectivity index (χ1v) is 7.95. The highest BCUT2D eigenvalue weighted by molar-refractivity contribution is 5.55. The fraction of sp³-hybridized carbons (Fsp3) is 0.647. The van der Waals surface area contributed by atoms with E-state index in [1.54, 1.807) is 13.0 Å². The Morgan fingerprint density at radius 2 is 2.14 bits per heavy atom. The van der Waals surface area contributed by atoms with E-state index in [9.17, 15) is 14.6 Å². The molecule has 2 fully saturated rings. The summed E-state index contributed by atoms with van der Waals surface area (Å²) in [5.74, 6) is -0.0999. The van der Waals surface area contributed by atoms with Crippen LogP contribution in [0.4, 0.5) is 10.1 Å². The van der Waals surface area contributed by atoms with Crippen LogP contribution in [0.3, 0.4) is 0 Å². The predicted octanol–water partition coefficient (Wildman–Crippen LogP) is 3.01. The van der Waals surface area contributed by atoms with Crippen molar-refractivity contribution in [2.75, 3.05) is 18.0 Å². The van der Waals surface area contributed by atoms with E-state index >= 15 is 0 Å². The Kier molecular flexibility index (Phi) is 3.93. The van der Waals surface area contributed by atoms with Crippen LogP contribution in [0, 0.1) is 11.7 Å². The van der Waals surface area contributed by atoms with Gasteiger partial charge in [-0.15, -0.1) is 0 Å². The van der Waals surface area contributed by atoms with Gasteiger partial charge in [0, 0.05) is 30.3 Å². The third-order valence-corrected chi connectivity index (χ3v) is 5.22. The normalized spacial score (nSPS) is 30.9. The Morgan fingerprint density at radius 1 is 1.33 bits per heavy atom. The summed E-state index contributed by atoms with van der Waals surface area (Å²) in [6.45, 7) is 3.07. The van der Waals surface area contributed by atoms with Gasteiger partial charge in [-0.3, -0.25) is 0 Å². The summed E-state index contributed by atoms with van der Waals surface area (Å²) in [5, 5.41) is 20.6. The molecule has 0 amide bonds. The molecule has 1 aromatic carbocycles. The van der Waals surface area contributed by atoms with Crippen molar-refractivity contribution in [2.24, 2.45) is 5.92 Å². The lowest BCUT2D eigenvalue weighted by Gasteiger charge is -2.48. The zero-order valence-corrected chi connectivity index (χ0v) is 12.6. The van der Waals surface area contributed by atoms with Crippen LogP contribution in [0.5, 0.6) is 0 Å². The second-order valence-electron chi connectivity index (χ2n) is 6.59. The van der Waals surface area contributed by atoms with Gasteiger partial charge < -0.3 is 15.1 Å². The van der Waals surface area contributed by atoms with Gasteiger partial charge in [0.1, 0.15) is 5.82 Å². The number of benzene rings is 1. The Balaban J connectivity index is 1.87. The van der Waals surface area contributed by atoms with Gasteiger partial charge in [-0.25, -0.2) is 4.39 Å². The SMILES string of the molecule is C[C@@H](O)c1c(F)cccc1N1CCC2(O)CCCCC2C1. The monoisotopic (exact) mass is 293 g/mol. The van der Waals surface area contributed by atoms with E-state index in [0.29, 0.717) is 5.56 Å². The number of nitrogens with zero attached hydrogens (tertiary/aromatic N) is 1. The summed E-state index contributed by atoms with van der Waals surface area (Å²) in [5.41, 5.74) is 0.615. The summed E-state index contributed by atoms with van der Waals surface area (Å²) < 4.78 is 14.0. The van der Waals surface area contributed by atoms with E-state index in [4.69, 9.17) is 0 Å². The summed E-state index contributed by atoms with van der Waals surface area (Å²) in [6, 6.07) is 4.96. The lowest BCUT2D eigenvalue weighted by atomic mass is 9.71. The van der Waals surface area contributed by atoms with Crippen molar-refractivity contribution in [3.05, 3.63) is 29.6 Å². The fourth-order valence-corrected chi connectivity index (χ4v) is 4.00. The highest BCUT2D eigenvalue weighted by atomic mass is 19.1. The summed E-state index contributed by atoms with van der Waals surface area (Å²) in [4.78, 5) is 2.13. The van der Waals surface area contributed by atoms with E-state index in [0.717, 1.165) is 50.9 Å². The molecule has 1 heterocycles. The van der Waals surface area contributed by atoms with Crippen molar-refractivity contribution in [2.45, 2.75) is 50.7 Å². The first-order valence-electron chi connectivity index (χ1n) is 7.95. The Bertz CT molecular complexity index is 520. The van der Waals surface area contributed by atoms with E-state index in [1.165, 1.54) is 6.07 Å². The van der Waals surface area contributed by atoms with Crippen molar-refractivity contribution < 1.29 is 14.6 Å². The van der Waals surface area contributed by atoms with Gasteiger partial charge in [0.05, 0.1) is 11.7 Å². The molecule has 2 aliphatic rings. The lowest BCUT2D eigenvalue weighted by Crippen LogP contribution is -2.53. The van der Waals surface area contributed by atoms with E-state index in [1.807, 2.05) is 6.07 Å². The Morgan fingerprint density at radius 3 is 2.90 bits per heavy atom. The molecule has 3 atom stereocenters. The average molecular weight is 293 g/mol. The number of aliphatic hydroxyl groups is 2. The molecule has 2 unspecified atom stereocenters. The lowest BCUT2D eigenvalue weighted by molar-refractivity contribution is -0.0613. The molecule has 1 aliphatic heterocycles. The number of hydrogen-bond acceptors (Lipinski definition) is 3. The van der Waals surface area contributed by atoms with E-state index in [-0.39, 0.29) is 11.7 Å². The molecule has 0 spiro atoms. The molecule has 0 bridgehead atoms. The topological polar surface area (TPSA) is 43.7 Å². The molecule has 116 valence electrons. The minimum Gasteiger partial charge on any atom is -0.389 e. The molecule has 1 saturated heterocycles. The molecule has 3 rings (SSSR count). The zero-order valence-electron chi connectivity index (χ0n) is 12.6. The van der Waals surface area contributed by atoms with Gasteiger partial charge in [-0.05, 0) is 38.3 Å². The maximum absolute atomic E-state index is 14.0. The molecule has 2 N–H and O–H groups in total. The number of fused-ring (bicyclic) bond motifs is 1. The van der Waals surface area contributed by atoms with Crippen molar-refractivity contribution >= 4 is 5.69 Å². The summed E-state index contributed by atoms with van der Waals surface area (Å²) >= 11 is 0.